The zero-order chi connectivity index (χ0) is 16.7. The fourth-order valence-corrected chi connectivity index (χ4v) is 5.39. The summed E-state index contributed by atoms with van der Waals surface area (Å²) in [7, 11) is -7.19. The molecule has 1 fully saturated rings. The Kier molecular flexibility index (Phi) is 4.68. The van der Waals surface area contributed by atoms with Crippen molar-refractivity contribution in [2.24, 2.45) is 5.73 Å². The SMILES string of the molecule is Cc1ccc(S(C)(=O)=O)cc1S(=O)(=O)N1CC[C@H](N)C[C@H]1C. The third-order valence-electron chi connectivity index (χ3n) is 4.03. The molecule has 1 aromatic carbocycles. The van der Waals surface area contributed by atoms with Crippen molar-refractivity contribution in [3.8, 4) is 0 Å². The van der Waals surface area contributed by atoms with Crippen LogP contribution in [0.3, 0.4) is 0 Å². The highest BCUT2D eigenvalue weighted by atomic mass is 32.2. The summed E-state index contributed by atoms with van der Waals surface area (Å²) < 4.78 is 50.6. The molecule has 1 aliphatic heterocycles. The number of benzene rings is 1. The molecular weight excluding hydrogens is 324 g/mol. The predicted molar refractivity (Wildman–Crippen MR) is 84.9 cm³/mol. The zero-order valence-electron chi connectivity index (χ0n) is 13.0. The fourth-order valence-electron chi connectivity index (χ4n) is 2.76. The van der Waals surface area contributed by atoms with Gasteiger partial charge in [-0.2, -0.15) is 4.31 Å². The molecule has 0 spiro atoms. The first-order valence-electron chi connectivity index (χ1n) is 7.11. The van der Waals surface area contributed by atoms with Gasteiger partial charge >= 0.3 is 0 Å². The number of nitrogens with zero attached hydrogens (tertiary/aromatic N) is 1. The molecule has 0 aromatic heterocycles. The van der Waals surface area contributed by atoms with Crippen LogP contribution in [-0.2, 0) is 19.9 Å². The van der Waals surface area contributed by atoms with Crippen molar-refractivity contribution in [1.29, 1.82) is 0 Å². The third kappa shape index (κ3) is 3.34. The van der Waals surface area contributed by atoms with Crippen molar-refractivity contribution in [3.63, 3.8) is 0 Å². The molecule has 1 heterocycles. The van der Waals surface area contributed by atoms with Crippen LogP contribution in [0.2, 0.25) is 0 Å². The van der Waals surface area contributed by atoms with Gasteiger partial charge in [-0.15, -0.1) is 0 Å². The minimum absolute atomic E-state index is 0.00454. The van der Waals surface area contributed by atoms with Crippen molar-refractivity contribution in [3.05, 3.63) is 23.8 Å². The Morgan fingerprint density at radius 2 is 1.86 bits per heavy atom. The van der Waals surface area contributed by atoms with Gasteiger partial charge in [0, 0.05) is 24.9 Å². The summed E-state index contributed by atoms with van der Waals surface area (Å²) in [6.07, 6.45) is 2.27. The Morgan fingerprint density at radius 1 is 1.23 bits per heavy atom. The lowest BCUT2D eigenvalue weighted by atomic mass is 10.0. The molecule has 8 heteroatoms. The second kappa shape index (κ2) is 5.92. The number of sulfone groups is 1. The highest BCUT2D eigenvalue weighted by Gasteiger charge is 2.34. The van der Waals surface area contributed by atoms with E-state index in [1.807, 2.05) is 6.92 Å². The molecule has 0 aliphatic carbocycles. The van der Waals surface area contributed by atoms with Crippen molar-refractivity contribution < 1.29 is 16.8 Å². The van der Waals surface area contributed by atoms with Crippen LogP contribution in [0, 0.1) is 6.92 Å². The van der Waals surface area contributed by atoms with Crippen LogP contribution in [0.4, 0.5) is 0 Å². The second-order valence-electron chi connectivity index (χ2n) is 5.95. The van der Waals surface area contributed by atoms with Gasteiger partial charge in [0.25, 0.3) is 0 Å². The summed E-state index contributed by atoms with van der Waals surface area (Å²) >= 11 is 0. The van der Waals surface area contributed by atoms with E-state index in [2.05, 4.69) is 0 Å². The van der Waals surface area contributed by atoms with Gasteiger partial charge in [-0.25, -0.2) is 16.8 Å². The van der Waals surface area contributed by atoms with Crippen LogP contribution < -0.4 is 5.73 Å². The molecular formula is C14H22N2O4S2. The molecule has 6 nitrogen and oxygen atoms in total. The highest BCUT2D eigenvalue weighted by Crippen LogP contribution is 2.28. The molecule has 0 bridgehead atoms. The molecule has 1 saturated heterocycles. The first-order chi connectivity index (χ1) is 10.0. The number of hydrogen-bond acceptors (Lipinski definition) is 5. The van der Waals surface area contributed by atoms with E-state index in [0.29, 0.717) is 24.9 Å². The largest absolute Gasteiger partial charge is 0.328 e. The summed E-state index contributed by atoms with van der Waals surface area (Å²) in [5.74, 6) is 0. The third-order valence-corrected chi connectivity index (χ3v) is 7.30. The van der Waals surface area contributed by atoms with Gasteiger partial charge in [-0.1, -0.05) is 6.07 Å². The first-order valence-corrected chi connectivity index (χ1v) is 10.4. The van der Waals surface area contributed by atoms with E-state index in [1.54, 1.807) is 6.92 Å². The summed E-state index contributed by atoms with van der Waals surface area (Å²) in [5.41, 5.74) is 6.42. The monoisotopic (exact) mass is 346 g/mol. The molecule has 0 unspecified atom stereocenters. The standard InChI is InChI=1S/C14H22N2O4S2/c1-10-4-5-13(21(3,17)18)9-14(10)22(19,20)16-7-6-12(15)8-11(16)2/h4-5,9,11-12H,6-8,15H2,1-3H3/t11-,12+/m1/s1. The first kappa shape index (κ1) is 17.4. The van der Waals surface area contributed by atoms with Gasteiger partial charge in [0.15, 0.2) is 9.84 Å². The molecule has 2 N–H and O–H groups in total. The van der Waals surface area contributed by atoms with Gasteiger partial charge in [0.1, 0.15) is 0 Å². The molecule has 124 valence electrons. The van der Waals surface area contributed by atoms with Gasteiger partial charge < -0.3 is 5.73 Å². The van der Waals surface area contributed by atoms with E-state index in [0.717, 1.165) is 6.26 Å². The van der Waals surface area contributed by atoms with Crippen LogP contribution in [0.1, 0.15) is 25.3 Å². The maximum atomic E-state index is 12.9. The molecule has 1 aromatic rings. The van der Waals surface area contributed by atoms with Crippen LogP contribution in [0.15, 0.2) is 28.0 Å². The zero-order valence-corrected chi connectivity index (χ0v) is 14.6. The van der Waals surface area contributed by atoms with E-state index < -0.39 is 19.9 Å². The number of piperidine rings is 1. The number of hydrogen-bond donors (Lipinski definition) is 1. The summed E-state index contributed by atoms with van der Waals surface area (Å²) in [6.45, 7) is 3.85. The van der Waals surface area contributed by atoms with Crippen LogP contribution in [0.25, 0.3) is 0 Å². The average molecular weight is 346 g/mol. The van der Waals surface area contributed by atoms with Crippen LogP contribution >= 0.6 is 0 Å². The minimum Gasteiger partial charge on any atom is -0.328 e. The maximum Gasteiger partial charge on any atom is 0.243 e. The Morgan fingerprint density at radius 3 is 2.41 bits per heavy atom. The van der Waals surface area contributed by atoms with Crippen molar-refractivity contribution >= 4 is 19.9 Å². The van der Waals surface area contributed by atoms with Crippen LogP contribution in [-0.4, -0.2) is 46.0 Å². The molecule has 0 radical (unpaired) electrons. The lowest BCUT2D eigenvalue weighted by molar-refractivity contribution is 0.247. The topological polar surface area (TPSA) is 97.5 Å². The summed E-state index contributed by atoms with van der Waals surface area (Å²) in [4.78, 5) is 0.0655. The molecule has 22 heavy (non-hydrogen) atoms. The number of rotatable bonds is 3. The molecule has 1 aliphatic rings. The van der Waals surface area contributed by atoms with Crippen molar-refractivity contribution in [2.75, 3.05) is 12.8 Å². The minimum atomic E-state index is -3.73. The molecule has 0 amide bonds. The highest BCUT2D eigenvalue weighted by molar-refractivity contribution is 7.91. The van der Waals surface area contributed by atoms with Crippen molar-refractivity contribution in [1.82, 2.24) is 4.31 Å². The summed E-state index contributed by atoms with van der Waals surface area (Å²) in [5, 5.41) is 0. The van der Waals surface area contributed by atoms with E-state index in [4.69, 9.17) is 5.73 Å². The van der Waals surface area contributed by atoms with E-state index >= 15 is 0 Å². The van der Waals surface area contributed by atoms with Crippen molar-refractivity contribution in [2.45, 2.75) is 48.6 Å². The number of nitrogens with two attached hydrogens (primary N) is 1. The quantitative estimate of drug-likeness (QED) is 0.877. The summed E-state index contributed by atoms with van der Waals surface area (Å²) in [6, 6.07) is 4.02. The average Bonchev–Trinajstić information content (AvgIpc) is 2.36. The van der Waals surface area contributed by atoms with E-state index in [9.17, 15) is 16.8 Å². The van der Waals surface area contributed by atoms with Gasteiger partial charge in [-0.05, 0) is 44.4 Å². The Bertz CT molecular complexity index is 772. The van der Waals surface area contributed by atoms with Crippen LogP contribution in [0.5, 0.6) is 0 Å². The molecule has 2 atom stereocenters. The predicted octanol–water partition coefficient (Wildman–Crippen LogP) is 0.899. The van der Waals surface area contributed by atoms with Gasteiger partial charge in [-0.3, -0.25) is 0 Å². The second-order valence-corrected chi connectivity index (χ2v) is 9.82. The number of aryl methyl sites for hydroxylation is 1. The lowest BCUT2D eigenvalue weighted by Gasteiger charge is -2.35. The lowest BCUT2D eigenvalue weighted by Crippen LogP contribution is -2.48. The Hall–Kier alpha value is -0.960. The Balaban J connectivity index is 2.50. The Labute approximate surface area is 132 Å². The molecule has 2 rings (SSSR count). The maximum absolute atomic E-state index is 12.9. The molecule has 0 saturated carbocycles. The fraction of sp³-hybridized carbons (Fsp3) is 0.571. The normalized spacial score (nSPS) is 24.4. The number of sulfonamides is 1. The smallest absolute Gasteiger partial charge is 0.243 e. The van der Waals surface area contributed by atoms with E-state index in [1.165, 1.54) is 22.5 Å². The van der Waals surface area contributed by atoms with Gasteiger partial charge in [0.05, 0.1) is 9.79 Å². The van der Waals surface area contributed by atoms with Gasteiger partial charge in [0.2, 0.25) is 10.0 Å². The van der Waals surface area contributed by atoms with E-state index in [-0.39, 0.29) is 21.9 Å².